The van der Waals surface area contributed by atoms with Gasteiger partial charge in [0, 0.05) is 11.5 Å². The highest BCUT2D eigenvalue weighted by Gasteiger charge is 3.04. The summed E-state index contributed by atoms with van der Waals surface area (Å²) in [6, 6.07) is 0. The lowest BCUT2D eigenvalue weighted by Crippen LogP contribution is -3.04. The van der Waals surface area contributed by atoms with E-state index in [0.29, 0.717) is 26.2 Å². The topological polar surface area (TPSA) is 26.3 Å². The van der Waals surface area contributed by atoms with E-state index in [1.54, 1.807) is 7.11 Å². The van der Waals surface area contributed by atoms with Crippen LogP contribution in [-0.2, 0) is 9.53 Å². The molecule has 0 aromatic heterocycles. The minimum Gasteiger partial charge on any atom is -0.469 e. The van der Waals surface area contributed by atoms with Gasteiger partial charge in [-0.15, -0.1) is 23.5 Å². The second-order valence-corrected chi connectivity index (χ2v) is 11.5. The highest BCUT2D eigenvalue weighted by Crippen LogP contribution is 3.02. The molecule has 7 rings (SSSR count). The Bertz CT molecular complexity index is 524. The molecule has 1 spiro atoms. The van der Waals surface area contributed by atoms with Gasteiger partial charge in [0.05, 0.1) is 20.9 Å². The second kappa shape index (κ2) is 2.79. The first-order valence-corrected chi connectivity index (χ1v) is 9.96. The summed E-state index contributed by atoms with van der Waals surface area (Å²) >= 11 is 8.64. The fraction of sp³-hybridized carbons (Fsp3) is 0.929. The van der Waals surface area contributed by atoms with Crippen molar-refractivity contribution in [3.05, 3.63) is 0 Å². The molecule has 0 aromatic carbocycles. The number of hydrogen-bond acceptors (Lipinski definition) is 4. The molecule has 2 bridgehead atoms. The average molecular weight is 359 g/mol. The summed E-state index contributed by atoms with van der Waals surface area (Å²) in [6.45, 7) is 0. The van der Waals surface area contributed by atoms with Crippen LogP contribution in [0.2, 0.25) is 0 Å². The first-order valence-electron chi connectivity index (χ1n) is 7.20. The van der Waals surface area contributed by atoms with Crippen molar-refractivity contribution >= 4 is 45.4 Å². The standard InChI is InChI=1S/C14H15BrO2S2/c1-17-11(16)13-6-5-4-12(18-2-3-19-12)14(15)9(6)8(13)10(14)7(5)13/h5-10H,2-4H2,1H3/t5?,6-,7-,8?,9-,10+,13?,14?/m1/s1. The van der Waals surface area contributed by atoms with Crippen molar-refractivity contribution in [3.63, 3.8) is 0 Å². The van der Waals surface area contributed by atoms with Gasteiger partial charge in [0.1, 0.15) is 0 Å². The lowest BCUT2D eigenvalue weighted by Gasteiger charge is -3.00. The van der Waals surface area contributed by atoms with E-state index in [0.717, 1.165) is 17.8 Å². The molecule has 1 heterocycles. The fourth-order valence-corrected chi connectivity index (χ4v) is 13.1. The average Bonchev–Trinajstić information content (AvgIpc) is 2.86. The lowest BCUT2D eigenvalue weighted by molar-refractivity contribution is -0.487. The molecule has 0 N–H and O–H groups in total. The number of thioether (sulfide) groups is 2. The SMILES string of the molecule is COC(=O)C12C3[C@@H]4[C@H]1C1CC5(SCCS5)C4(Br)[C@@H]3[C@@H]12. The van der Waals surface area contributed by atoms with E-state index in [2.05, 4.69) is 39.5 Å². The fourth-order valence-electron chi connectivity index (χ4n) is 7.39. The highest BCUT2D eigenvalue weighted by molar-refractivity contribution is 9.10. The Kier molecular flexibility index (Phi) is 1.65. The van der Waals surface area contributed by atoms with Crippen LogP contribution in [-0.4, -0.2) is 33.0 Å². The molecule has 5 heteroatoms. The Labute approximate surface area is 129 Å². The van der Waals surface area contributed by atoms with E-state index in [-0.39, 0.29) is 11.4 Å². The molecular formula is C14H15BrO2S2. The van der Waals surface area contributed by atoms with E-state index in [1.807, 2.05) is 0 Å². The Balaban J connectivity index is 1.47. The zero-order valence-electron chi connectivity index (χ0n) is 10.6. The van der Waals surface area contributed by atoms with E-state index in [4.69, 9.17) is 4.74 Å². The molecule has 7 aliphatic rings. The molecule has 7 fully saturated rings. The van der Waals surface area contributed by atoms with E-state index < -0.39 is 0 Å². The summed E-state index contributed by atoms with van der Waals surface area (Å²) < 4.78 is 5.94. The predicted molar refractivity (Wildman–Crippen MR) is 79.3 cm³/mol. The molecule has 6 saturated carbocycles. The molecule has 0 amide bonds. The third-order valence-electron chi connectivity index (χ3n) is 7.48. The maximum Gasteiger partial charge on any atom is 0.312 e. The Morgan fingerprint density at radius 3 is 2.37 bits per heavy atom. The Morgan fingerprint density at radius 1 is 1.16 bits per heavy atom. The minimum atomic E-state index is 0.00156. The van der Waals surface area contributed by atoms with Crippen LogP contribution in [0.25, 0.3) is 0 Å². The summed E-state index contributed by atoms with van der Waals surface area (Å²) in [5.74, 6) is 7.11. The number of methoxy groups -OCH3 is 1. The second-order valence-electron chi connectivity index (χ2n) is 7.14. The molecule has 8 atom stereocenters. The van der Waals surface area contributed by atoms with Crippen molar-refractivity contribution < 1.29 is 9.53 Å². The first kappa shape index (κ1) is 11.2. The maximum absolute atomic E-state index is 12.2. The molecule has 2 nitrogen and oxygen atoms in total. The van der Waals surface area contributed by atoms with E-state index in [9.17, 15) is 4.79 Å². The number of carbonyl (C=O) groups excluding carboxylic acids is 1. The van der Waals surface area contributed by atoms with Gasteiger partial charge >= 0.3 is 5.97 Å². The molecule has 1 saturated heterocycles. The molecule has 19 heavy (non-hydrogen) atoms. The van der Waals surface area contributed by atoms with E-state index in [1.165, 1.54) is 17.9 Å². The van der Waals surface area contributed by atoms with Crippen LogP contribution in [0.15, 0.2) is 0 Å². The molecule has 0 aromatic rings. The quantitative estimate of drug-likeness (QED) is 0.531. The van der Waals surface area contributed by atoms with Gasteiger partial charge in [-0.25, -0.2) is 0 Å². The predicted octanol–water partition coefficient (Wildman–Crippen LogP) is 2.61. The monoisotopic (exact) mass is 358 g/mol. The van der Waals surface area contributed by atoms with Crippen LogP contribution in [0.1, 0.15) is 6.42 Å². The molecule has 4 unspecified atom stereocenters. The third-order valence-corrected chi connectivity index (χ3v) is 13.5. The summed E-state index contributed by atoms with van der Waals surface area (Å²) in [4.78, 5) is 12.2. The summed E-state index contributed by atoms with van der Waals surface area (Å²) in [7, 11) is 1.57. The van der Waals surface area contributed by atoms with Crippen LogP contribution in [0.5, 0.6) is 0 Å². The summed E-state index contributed by atoms with van der Waals surface area (Å²) in [6.07, 6.45) is 1.33. The van der Waals surface area contributed by atoms with Gasteiger partial charge in [-0.05, 0) is 41.9 Å². The van der Waals surface area contributed by atoms with E-state index >= 15 is 0 Å². The van der Waals surface area contributed by atoms with Crippen molar-refractivity contribution in [1.29, 1.82) is 0 Å². The van der Waals surface area contributed by atoms with Crippen LogP contribution < -0.4 is 0 Å². The minimum absolute atomic E-state index is 0.00156. The molecule has 1 aliphatic heterocycles. The maximum atomic E-state index is 12.2. The van der Waals surface area contributed by atoms with Gasteiger partial charge in [0.25, 0.3) is 0 Å². The summed E-state index contributed by atoms with van der Waals surface area (Å²) in [5, 5.41) is 0. The Hall–Kier alpha value is 0.650. The van der Waals surface area contributed by atoms with Crippen molar-refractivity contribution in [1.82, 2.24) is 0 Å². The van der Waals surface area contributed by atoms with Gasteiger partial charge in [-0.3, -0.25) is 4.79 Å². The van der Waals surface area contributed by atoms with Gasteiger partial charge < -0.3 is 4.74 Å². The van der Waals surface area contributed by atoms with Crippen LogP contribution in [0.4, 0.5) is 0 Å². The number of rotatable bonds is 1. The number of alkyl halides is 1. The first-order chi connectivity index (χ1) is 9.14. The number of ether oxygens (including phenoxy) is 1. The van der Waals surface area contributed by atoms with Gasteiger partial charge in [-0.1, -0.05) is 15.9 Å². The number of halogens is 1. The zero-order chi connectivity index (χ0) is 12.8. The lowest BCUT2D eigenvalue weighted by atomic mass is 9.06. The number of carbonyl (C=O) groups is 1. The largest absolute Gasteiger partial charge is 0.469 e. The van der Waals surface area contributed by atoms with Crippen molar-refractivity contribution in [2.75, 3.05) is 18.6 Å². The Morgan fingerprint density at radius 2 is 1.79 bits per heavy atom. The van der Waals surface area contributed by atoms with Gasteiger partial charge in [-0.2, -0.15) is 0 Å². The highest BCUT2D eigenvalue weighted by atomic mass is 79.9. The van der Waals surface area contributed by atoms with Crippen molar-refractivity contribution in [2.45, 2.75) is 14.8 Å². The smallest absolute Gasteiger partial charge is 0.312 e. The molecule has 102 valence electrons. The van der Waals surface area contributed by atoms with Crippen LogP contribution in [0.3, 0.4) is 0 Å². The molecule has 0 radical (unpaired) electrons. The van der Waals surface area contributed by atoms with Crippen LogP contribution >= 0.6 is 39.5 Å². The number of esters is 1. The zero-order valence-corrected chi connectivity index (χ0v) is 13.8. The molecular weight excluding hydrogens is 344 g/mol. The van der Waals surface area contributed by atoms with Gasteiger partial charge in [0.2, 0.25) is 0 Å². The summed E-state index contributed by atoms with van der Waals surface area (Å²) in [5.41, 5.74) is 0.00156. The molecule has 6 aliphatic carbocycles. The normalized spacial score (nSPS) is 67.5. The van der Waals surface area contributed by atoms with Crippen molar-refractivity contribution in [3.8, 4) is 0 Å². The van der Waals surface area contributed by atoms with Gasteiger partial charge in [0.15, 0.2) is 0 Å². The number of hydrogen-bond donors (Lipinski definition) is 0. The third kappa shape index (κ3) is 0.705. The van der Waals surface area contributed by atoms with Crippen molar-refractivity contribution in [2.24, 2.45) is 40.9 Å². The van der Waals surface area contributed by atoms with Crippen LogP contribution in [0, 0.1) is 40.9 Å².